The predicted molar refractivity (Wildman–Crippen MR) is 130 cm³/mol. The van der Waals surface area contributed by atoms with Gasteiger partial charge in [-0.1, -0.05) is 26.0 Å². The van der Waals surface area contributed by atoms with Crippen LogP contribution in [-0.2, 0) is 25.8 Å². The molecular weight excluding hydrogens is 420 g/mol. The molecule has 166 valence electrons. The number of nitrogens with one attached hydrogen (secondary N) is 1. The normalized spacial score (nSPS) is 16.2. The molecule has 8 heteroatoms. The van der Waals surface area contributed by atoms with Gasteiger partial charge >= 0.3 is 0 Å². The van der Waals surface area contributed by atoms with Crippen LogP contribution in [0.5, 0.6) is 0 Å². The number of hydrogen-bond donors (Lipinski definition) is 2. The van der Waals surface area contributed by atoms with Crippen molar-refractivity contribution in [3.63, 3.8) is 0 Å². The number of aromatic amines is 1. The number of nitrogens with zero attached hydrogens (tertiary/aromatic N) is 4. The van der Waals surface area contributed by atoms with Gasteiger partial charge in [-0.25, -0.2) is 15.0 Å². The van der Waals surface area contributed by atoms with Gasteiger partial charge in [-0.05, 0) is 49.4 Å². The third-order valence-corrected chi connectivity index (χ3v) is 7.51. The fourth-order valence-electron chi connectivity index (χ4n) is 4.56. The molecule has 32 heavy (non-hydrogen) atoms. The Hall–Kier alpha value is -2.84. The van der Waals surface area contributed by atoms with Gasteiger partial charge in [0.05, 0.1) is 22.8 Å². The van der Waals surface area contributed by atoms with Crippen molar-refractivity contribution >= 4 is 38.3 Å². The van der Waals surface area contributed by atoms with Gasteiger partial charge in [0.1, 0.15) is 22.3 Å². The molecular formula is C24H28N6OS. The van der Waals surface area contributed by atoms with Crippen LogP contribution >= 0.6 is 11.3 Å². The minimum atomic E-state index is -0.0980. The molecule has 1 aliphatic carbocycles. The maximum Gasteiger partial charge on any atom is 0.258 e. The highest BCUT2D eigenvalue weighted by atomic mass is 32.1. The van der Waals surface area contributed by atoms with E-state index in [4.69, 9.17) is 10.7 Å². The molecule has 7 nitrogen and oxygen atoms in total. The molecule has 1 aromatic carbocycles. The highest BCUT2D eigenvalue weighted by Gasteiger charge is 2.23. The van der Waals surface area contributed by atoms with E-state index in [0.29, 0.717) is 30.0 Å². The van der Waals surface area contributed by atoms with Crippen LogP contribution in [0.15, 0.2) is 29.1 Å². The first kappa shape index (κ1) is 21.0. The first-order valence-electron chi connectivity index (χ1n) is 11.3. The number of anilines is 1. The summed E-state index contributed by atoms with van der Waals surface area (Å²) in [5.74, 6) is 2.78. The van der Waals surface area contributed by atoms with E-state index >= 15 is 0 Å². The predicted octanol–water partition coefficient (Wildman–Crippen LogP) is 3.70. The van der Waals surface area contributed by atoms with Gasteiger partial charge in [-0.3, -0.25) is 9.69 Å². The number of benzene rings is 1. The zero-order chi connectivity index (χ0) is 22.2. The molecule has 3 heterocycles. The summed E-state index contributed by atoms with van der Waals surface area (Å²) in [6.45, 7) is 6.58. The molecule has 1 atom stereocenters. The van der Waals surface area contributed by atoms with Gasteiger partial charge in [0.2, 0.25) is 0 Å². The molecule has 0 radical (unpaired) electrons. The Balaban J connectivity index is 1.33. The molecule has 0 amide bonds. The third kappa shape index (κ3) is 4.00. The highest BCUT2D eigenvalue weighted by molar-refractivity contribution is 7.19. The number of para-hydroxylation sites is 1. The van der Waals surface area contributed by atoms with Crippen molar-refractivity contribution < 1.29 is 0 Å². The van der Waals surface area contributed by atoms with E-state index in [-0.39, 0.29) is 5.56 Å². The number of likely N-dealkylation sites (N-methyl/N-ethyl adjacent to an activating group) is 1. The molecule has 4 aromatic rings. The Morgan fingerprint density at radius 3 is 2.94 bits per heavy atom. The van der Waals surface area contributed by atoms with E-state index in [1.807, 2.05) is 18.2 Å². The largest absolute Gasteiger partial charge is 0.383 e. The van der Waals surface area contributed by atoms with Gasteiger partial charge < -0.3 is 10.7 Å². The summed E-state index contributed by atoms with van der Waals surface area (Å²) in [5.41, 5.74) is 8.38. The maximum atomic E-state index is 12.4. The summed E-state index contributed by atoms with van der Waals surface area (Å²) in [6.07, 6.45) is 4.09. The number of fused-ring (bicyclic) bond motifs is 4. The summed E-state index contributed by atoms with van der Waals surface area (Å²) < 4.78 is 0. The van der Waals surface area contributed by atoms with Crippen molar-refractivity contribution in [2.75, 3.05) is 18.8 Å². The molecule has 0 saturated heterocycles. The molecule has 1 unspecified atom stereocenters. The van der Waals surface area contributed by atoms with E-state index in [0.717, 1.165) is 53.4 Å². The van der Waals surface area contributed by atoms with Crippen LogP contribution < -0.4 is 11.3 Å². The number of thiophene rings is 1. The zero-order valence-electron chi connectivity index (χ0n) is 18.5. The number of rotatable bonds is 6. The number of nitrogens with two attached hydrogens (primary N) is 1. The molecule has 3 N–H and O–H groups in total. The molecule has 0 spiro atoms. The smallest absolute Gasteiger partial charge is 0.258 e. The Bertz CT molecular complexity index is 1340. The Labute approximate surface area is 190 Å². The van der Waals surface area contributed by atoms with Crippen molar-refractivity contribution in [1.82, 2.24) is 24.8 Å². The van der Waals surface area contributed by atoms with Gasteiger partial charge in [0, 0.05) is 17.8 Å². The average molecular weight is 449 g/mol. The highest BCUT2D eigenvalue weighted by Crippen LogP contribution is 2.39. The minimum absolute atomic E-state index is 0.0980. The second kappa shape index (κ2) is 8.60. The summed E-state index contributed by atoms with van der Waals surface area (Å²) >= 11 is 1.78. The third-order valence-electron chi connectivity index (χ3n) is 6.36. The van der Waals surface area contributed by atoms with E-state index in [1.54, 1.807) is 17.4 Å². The van der Waals surface area contributed by atoms with Crippen LogP contribution in [0.4, 0.5) is 5.82 Å². The Morgan fingerprint density at radius 2 is 2.09 bits per heavy atom. The van der Waals surface area contributed by atoms with E-state index in [1.165, 1.54) is 16.9 Å². The molecule has 0 fully saturated rings. The number of aromatic nitrogens is 4. The zero-order valence-corrected chi connectivity index (χ0v) is 19.3. The Kier molecular flexibility index (Phi) is 5.65. The lowest BCUT2D eigenvalue weighted by Crippen LogP contribution is -2.28. The molecule has 0 bridgehead atoms. The topological polar surface area (TPSA) is 101 Å². The van der Waals surface area contributed by atoms with Gasteiger partial charge in [0.25, 0.3) is 5.56 Å². The van der Waals surface area contributed by atoms with Crippen LogP contribution in [0.1, 0.15) is 42.4 Å². The molecule has 3 aromatic heterocycles. The van der Waals surface area contributed by atoms with Gasteiger partial charge in [0.15, 0.2) is 0 Å². The van der Waals surface area contributed by atoms with Gasteiger partial charge in [-0.2, -0.15) is 0 Å². The quantitative estimate of drug-likeness (QED) is 0.466. The molecule has 0 aliphatic heterocycles. The molecule has 0 saturated carbocycles. The number of aryl methyl sites for hydroxylation is 1. The number of H-pyrrole nitrogens is 1. The first-order chi connectivity index (χ1) is 15.5. The van der Waals surface area contributed by atoms with E-state index in [9.17, 15) is 4.79 Å². The van der Waals surface area contributed by atoms with Crippen LogP contribution in [0.25, 0.3) is 21.1 Å². The van der Waals surface area contributed by atoms with Crippen molar-refractivity contribution in [2.24, 2.45) is 5.92 Å². The lowest BCUT2D eigenvalue weighted by atomic mass is 9.89. The van der Waals surface area contributed by atoms with Crippen molar-refractivity contribution in [3.05, 3.63) is 56.7 Å². The lowest BCUT2D eigenvalue weighted by molar-refractivity contribution is 0.275. The number of nitrogen functional groups attached to an aromatic ring is 1. The SMILES string of the molecule is CCN(CCc1nc(N)c2c3c(sc2n1)CC(C)CC3)Cc1nc2ccccc2c(=O)[nH]1. The van der Waals surface area contributed by atoms with Crippen LogP contribution in [0.3, 0.4) is 0 Å². The van der Waals surface area contributed by atoms with E-state index in [2.05, 4.69) is 33.7 Å². The average Bonchev–Trinajstić information content (AvgIpc) is 3.14. The standard InChI is InChI=1S/C24H28N6OS/c1-3-30(13-20-26-17-7-5-4-6-15(17)23(31)28-20)11-10-19-27-22(25)21-16-9-8-14(2)12-18(16)32-24(21)29-19/h4-7,14H,3,8-13H2,1-2H3,(H2,25,27,29)(H,26,28,31). The summed E-state index contributed by atoms with van der Waals surface area (Å²) in [5, 5.41) is 1.69. The molecule has 5 rings (SSSR count). The number of hydrogen-bond acceptors (Lipinski definition) is 7. The lowest BCUT2D eigenvalue weighted by Gasteiger charge is -2.19. The fourth-order valence-corrected chi connectivity index (χ4v) is 5.97. The second-order valence-electron chi connectivity index (χ2n) is 8.71. The summed E-state index contributed by atoms with van der Waals surface area (Å²) in [4.78, 5) is 34.1. The van der Waals surface area contributed by atoms with Gasteiger partial charge in [-0.15, -0.1) is 11.3 Å². The fraction of sp³-hybridized carbons (Fsp3) is 0.417. The second-order valence-corrected chi connectivity index (χ2v) is 9.79. The van der Waals surface area contributed by atoms with Crippen molar-refractivity contribution in [2.45, 2.75) is 46.1 Å². The maximum absolute atomic E-state index is 12.4. The monoisotopic (exact) mass is 448 g/mol. The molecule has 1 aliphatic rings. The van der Waals surface area contributed by atoms with Crippen LogP contribution in [-0.4, -0.2) is 37.9 Å². The summed E-state index contributed by atoms with van der Waals surface area (Å²) in [7, 11) is 0. The Morgan fingerprint density at radius 1 is 1.25 bits per heavy atom. The minimum Gasteiger partial charge on any atom is -0.383 e. The summed E-state index contributed by atoms with van der Waals surface area (Å²) in [6, 6.07) is 7.42. The first-order valence-corrected chi connectivity index (χ1v) is 12.1. The van der Waals surface area contributed by atoms with Crippen molar-refractivity contribution in [1.29, 1.82) is 0 Å². The van der Waals surface area contributed by atoms with Crippen LogP contribution in [0, 0.1) is 5.92 Å². The van der Waals surface area contributed by atoms with Crippen LogP contribution in [0.2, 0.25) is 0 Å². The van der Waals surface area contributed by atoms with Crippen molar-refractivity contribution in [3.8, 4) is 0 Å². The van der Waals surface area contributed by atoms with E-state index < -0.39 is 0 Å².